The van der Waals surface area contributed by atoms with Crippen molar-refractivity contribution in [2.75, 3.05) is 11.3 Å². The second kappa shape index (κ2) is 6.47. The van der Waals surface area contributed by atoms with Crippen LogP contribution in [0.15, 0.2) is 48.5 Å². The van der Waals surface area contributed by atoms with Crippen LogP contribution in [-0.4, -0.2) is 24.8 Å². The van der Waals surface area contributed by atoms with Crippen LogP contribution in [0.25, 0.3) is 0 Å². The lowest BCUT2D eigenvalue weighted by Gasteiger charge is -2.17. The molecule has 1 N–H and O–H groups in total. The first-order valence-electron chi connectivity index (χ1n) is 7.27. The molecule has 23 heavy (non-hydrogen) atoms. The third kappa shape index (κ3) is 3.83. The molecule has 0 spiro atoms. The number of nitrogens with one attached hydrogen (secondary N) is 1. The maximum atomic E-state index is 12.6. The van der Waals surface area contributed by atoms with Crippen molar-refractivity contribution < 1.29 is 13.2 Å². The summed E-state index contributed by atoms with van der Waals surface area (Å²) in [6.45, 7) is 0.561. The second-order valence-electron chi connectivity index (χ2n) is 5.61. The van der Waals surface area contributed by atoms with E-state index in [0.717, 1.165) is 5.56 Å². The van der Waals surface area contributed by atoms with E-state index in [1.807, 2.05) is 30.3 Å². The van der Waals surface area contributed by atoms with Crippen molar-refractivity contribution in [3.63, 3.8) is 0 Å². The van der Waals surface area contributed by atoms with Crippen LogP contribution in [0.2, 0.25) is 5.15 Å². The molecule has 7 heteroatoms. The third-order valence-corrected chi connectivity index (χ3v) is 6.16. The van der Waals surface area contributed by atoms with Gasteiger partial charge in [0.15, 0.2) is 0 Å². The highest BCUT2D eigenvalue weighted by Crippen LogP contribution is 2.44. The Kier molecular flexibility index (Phi) is 4.57. The molecule has 2 aromatic rings. The number of ether oxygens (including phenoxy) is 1. The van der Waals surface area contributed by atoms with Gasteiger partial charge < -0.3 is 4.74 Å². The molecule has 122 valence electrons. The Morgan fingerprint density at radius 1 is 1.13 bits per heavy atom. The van der Waals surface area contributed by atoms with Crippen LogP contribution in [0.4, 0.5) is 5.82 Å². The number of nitrogens with zero attached hydrogens (tertiary/aromatic N) is 1. The average molecular weight is 353 g/mol. The summed E-state index contributed by atoms with van der Waals surface area (Å²) in [5, 5.41) is 0.246. The molecule has 5 nitrogen and oxygen atoms in total. The molecule has 0 saturated heterocycles. The average Bonchev–Trinajstić information content (AvgIpc) is 3.30. The third-order valence-electron chi connectivity index (χ3n) is 3.81. The van der Waals surface area contributed by atoms with Crippen LogP contribution in [-0.2, 0) is 21.4 Å². The van der Waals surface area contributed by atoms with Crippen molar-refractivity contribution in [2.45, 2.75) is 24.2 Å². The first-order valence-corrected chi connectivity index (χ1v) is 9.14. The summed E-state index contributed by atoms with van der Waals surface area (Å²) in [7, 11) is -3.57. The Morgan fingerprint density at radius 3 is 2.52 bits per heavy atom. The molecule has 1 saturated carbocycles. The summed E-state index contributed by atoms with van der Waals surface area (Å²) >= 11 is 5.78. The van der Waals surface area contributed by atoms with Crippen molar-refractivity contribution >= 4 is 27.4 Å². The number of halogens is 1. The molecule has 0 unspecified atom stereocenters. The minimum atomic E-state index is -3.57. The Hall–Kier alpha value is -1.63. The van der Waals surface area contributed by atoms with Crippen LogP contribution in [0.1, 0.15) is 18.4 Å². The van der Waals surface area contributed by atoms with Crippen LogP contribution >= 0.6 is 11.6 Å². The van der Waals surface area contributed by atoms with E-state index in [1.54, 1.807) is 18.2 Å². The zero-order chi connectivity index (χ0) is 16.3. The molecule has 1 aliphatic carbocycles. The Labute approximate surface area is 140 Å². The van der Waals surface area contributed by atoms with Gasteiger partial charge in [-0.1, -0.05) is 48.0 Å². The van der Waals surface area contributed by atoms with Crippen molar-refractivity contribution in [3.05, 3.63) is 59.2 Å². The van der Waals surface area contributed by atoms with E-state index < -0.39 is 14.8 Å². The van der Waals surface area contributed by atoms with Crippen molar-refractivity contribution in [1.29, 1.82) is 0 Å². The fourth-order valence-corrected chi connectivity index (χ4v) is 3.92. The van der Waals surface area contributed by atoms with Gasteiger partial charge >= 0.3 is 0 Å². The fourth-order valence-electron chi connectivity index (χ4n) is 2.27. The van der Waals surface area contributed by atoms with E-state index in [-0.39, 0.29) is 17.6 Å². The molecular formula is C16H17ClN2O3S. The topological polar surface area (TPSA) is 68.3 Å². The summed E-state index contributed by atoms with van der Waals surface area (Å²) in [6.07, 6.45) is 1.16. The molecule has 1 aliphatic rings. The molecule has 1 heterocycles. The van der Waals surface area contributed by atoms with Gasteiger partial charge in [0.1, 0.15) is 15.7 Å². The number of hydrogen-bond donors (Lipinski definition) is 1. The molecule has 0 aliphatic heterocycles. The molecule has 1 aromatic heterocycles. The lowest BCUT2D eigenvalue weighted by molar-refractivity contribution is 0.116. The minimum Gasteiger partial charge on any atom is -0.375 e. The number of pyridine rings is 1. The van der Waals surface area contributed by atoms with Gasteiger partial charge in [0.05, 0.1) is 13.2 Å². The molecule has 1 aromatic carbocycles. The summed E-state index contributed by atoms with van der Waals surface area (Å²) in [5.41, 5.74) is 1.02. The van der Waals surface area contributed by atoms with Gasteiger partial charge in [0.25, 0.3) is 0 Å². The SMILES string of the molecule is O=S(=O)(Nc1cccc(Cl)n1)C1(COCc2ccccc2)CC1. The number of benzene rings is 1. The quantitative estimate of drug-likeness (QED) is 0.777. The Balaban J connectivity index is 1.62. The van der Waals surface area contributed by atoms with Gasteiger partial charge in [0, 0.05) is 0 Å². The number of aromatic nitrogens is 1. The van der Waals surface area contributed by atoms with E-state index in [4.69, 9.17) is 16.3 Å². The van der Waals surface area contributed by atoms with Crippen molar-refractivity contribution in [1.82, 2.24) is 4.98 Å². The van der Waals surface area contributed by atoms with Gasteiger partial charge in [-0.3, -0.25) is 4.72 Å². The van der Waals surface area contributed by atoms with Gasteiger partial charge in [-0.15, -0.1) is 0 Å². The normalized spacial score (nSPS) is 16.0. The van der Waals surface area contributed by atoms with E-state index in [2.05, 4.69) is 9.71 Å². The largest absolute Gasteiger partial charge is 0.375 e. The minimum absolute atomic E-state index is 0.164. The number of rotatable bonds is 7. The van der Waals surface area contributed by atoms with Gasteiger partial charge in [0.2, 0.25) is 10.0 Å². The Bertz CT molecular complexity index is 777. The van der Waals surface area contributed by atoms with Crippen LogP contribution in [0, 0.1) is 0 Å². The zero-order valence-electron chi connectivity index (χ0n) is 12.4. The lowest BCUT2D eigenvalue weighted by Crippen LogP contribution is -2.34. The molecule has 0 bridgehead atoms. The second-order valence-corrected chi connectivity index (χ2v) is 8.08. The smallest absolute Gasteiger partial charge is 0.241 e. The van der Waals surface area contributed by atoms with Crippen molar-refractivity contribution in [3.8, 4) is 0 Å². The standard InChI is InChI=1S/C16H17ClN2O3S/c17-14-7-4-8-15(18-14)19-23(20,21)16(9-10-16)12-22-11-13-5-2-1-3-6-13/h1-8H,9-12H2,(H,18,19). The summed E-state index contributed by atoms with van der Waals surface area (Å²) in [6, 6.07) is 14.5. The Morgan fingerprint density at radius 2 is 1.87 bits per heavy atom. The molecule has 0 radical (unpaired) electrons. The molecule has 0 atom stereocenters. The van der Waals surface area contributed by atoms with E-state index in [9.17, 15) is 8.42 Å². The highest BCUT2D eigenvalue weighted by atomic mass is 35.5. The van der Waals surface area contributed by atoms with Crippen LogP contribution in [0.3, 0.4) is 0 Å². The maximum Gasteiger partial charge on any atom is 0.241 e. The monoisotopic (exact) mass is 352 g/mol. The first kappa shape index (κ1) is 16.2. The molecule has 3 rings (SSSR count). The predicted octanol–water partition coefficient (Wildman–Crippen LogP) is 3.23. The van der Waals surface area contributed by atoms with Gasteiger partial charge in [-0.05, 0) is 30.5 Å². The number of sulfonamides is 1. The van der Waals surface area contributed by atoms with Gasteiger partial charge in [-0.2, -0.15) is 0 Å². The van der Waals surface area contributed by atoms with Crippen LogP contribution < -0.4 is 4.72 Å². The molecular weight excluding hydrogens is 336 g/mol. The first-order chi connectivity index (χ1) is 11.0. The highest BCUT2D eigenvalue weighted by molar-refractivity contribution is 7.94. The number of anilines is 1. The summed E-state index contributed by atoms with van der Waals surface area (Å²) < 4.78 is 32.4. The molecule has 0 amide bonds. The molecule has 1 fully saturated rings. The van der Waals surface area contributed by atoms with E-state index >= 15 is 0 Å². The van der Waals surface area contributed by atoms with E-state index in [0.29, 0.717) is 19.4 Å². The summed E-state index contributed by atoms with van der Waals surface area (Å²) in [5.74, 6) is 0.229. The van der Waals surface area contributed by atoms with E-state index in [1.165, 1.54) is 0 Å². The summed E-state index contributed by atoms with van der Waals surface area (Å²) in [4.78, 5) is 3.96. The maximum absolute atomic E-state index is 12.6. The van der Waals surface area contributed by atoms with Crippen LogP contribution in [0.5, 0.6) is 0 Å². The highest BCUT2D eigenvalue weighted by Gasteiger charge is 2.55. The predicted molar refractivity (Wildman–Crippen MR) is 89.9 cm³/mol. The fraction of sp³-hybridized carbons (Fsp3) is 0.312. The van der Waals surface area contributed by atoms with Gasteiger partial charge in [-0.25, -0.2) is 13.4 Å². The zero-order valence-corrected chi connectivity index (χ0v) is 14.0. The van der Waals surface area contributed by atoms with Crippen molar-refractivity contribution in [2.24, 2.45) is 0 Å². The number of hydrogen-bond acceptors (Lipinski definition) is 4. The lowest BCUT2D eigenvalue weighted by atomic mass is 10.2.